The van der Waals surface area contributed by atoms with Gasteiger partial charge in [0.2, 0.25) is 0 Å². The molecular formula is C11H8ClF3N2O2. The van der Waals surface area contributed by atoms with Gasteiger partial charge in [-0.1, -0.05) is 11.6 Å². The van der Waals surface area contributed by atoms with Gasteiger partial charge in [0.25, 0.3) is 0 Å². The second kappa shape index (κ2) is 5.80. The molecule has 0 fully saturated rings. The van der Waals surface area contributed by atoms with E-state index in [0.29, 0.717) is 12.3 Å². The Labute approximate surface area is 111 Å². The Bertz CT molecular complexity index is 527. The zero-order valence-electron chi connectivity index (χ0n) is 9.64. The van der Waals surface area contributed by atoms with Crippen LogP contribution in [0.4, 0.5) is 13.2 Å². The van der Waals surface area contributed by atoms with Crippen LogP contribution in [0.3, 0.4) is 0 Å². The Morgan fingerprint density at radius 3 is 2.63 bits per heavy atom. The van der Waals surface area contributed by atoms with E-state index in [1.807, 2.05) is 0 Å². The van der Waals surface area contributed by atoms with Gasteiger partial charge in [0, 0.05) is 6.20 Å². The van der Waals surface area contributed by atoms with Crippen molar-refractivity contribution in [1.82, 2.24) is 5.32 Å². The smallest absolute Gasteiger partial charge is 0.417 e. The average molecular weight is 293 g/mol. The standard InChI is InChI=1S/C11H8ClF3N2O2/c1-2-19-10(18)7(4-16)9-8(12)3-6(5-17-9)11(13,14)15/h3,5,17H,2H2,1H3/b9-7+. The summed E-state index contributed by atoms with van der Waals surface area (Å²) in [7, 11) is 0. The fourth-order valence-corrected chi connectivity index (χ4v) is 1.50. The molecule has 0 aliphatic carbocycles. The summed E-state index contributed by atoms with van der Waals surface area (Å²) in [6, 6.07) is 1.55. The molecule has 8 heteroatoms. The first-order valence-electron chi connectivity index (χ1n) is 5.04. The molecule has 1 heterocycles. The molecule has 0 radical (unpaired) electrons. The summed E-state index contributed by atoms with van der Waals surface area (Å²) in [4.78, 5) is 11.4. The first-order valence-corrected chi connectivity index (χ1v) is 5.42. The summed E-state index contributed by atoms with van der Waals surface area (Å²) in [6.07, 6.45) is -3.32. The average Bonchev–Trinajstić information content (AvgIpc) is 2.31. The Hall–Kier alpha value is -1.94. The molecule has 0 atom stereocenters. The highest BCUT2D eigenvalue weighted by Crippen LogP contribution is 2.32. The molecule has 0 unspecified atom stereocenters. The van der Waals surface area contributed by atoms with Gasteiger partial charge in [0.1, 0.15) is 6.07 Å². The summed E-state index contributed by atoms with van der Waals surface area (Å²) in [5.41, 5.74) is -1.71. The molecule has 4 nitrogen and oxygen atoms in total. The maximum Gasteiger partial charge on any atom is 0.417 e. The number of nitrogens with one attached hydrogen (secondary N) is 1. The van der Waals surface area contributed by atoms with Gasteiger partial charge in [-0.05, 0) is 13.0 Å². The number of carbonyl (C=O) groups is 1. The Balaban J connectivity index is 3.14. The van der Waals surface area contributed by atoms with Gasteiger partial charge in [0.05, 0.1) is 22.9 Å². The van der Waals surface area contributed by atoms with E-state index in [0.717, 1.165) is 0 Å². The minimum atomic E-state index is -4.57. The molecule has 19 heavy (non-hydrogen) atoms. The normalized spacial score (nSPS) is 17.7. The summed E-state index contributed by atoms with van der Waals surface area (Å²) in [5, 5.41) is 10.6. The monoisotopic (exact) mass is 292 g/mol. The van der Waals surface area contributed by atoms with Crippen LogP contribution in [0.2, 0.25) is 0 Å². The summed E-state index contributed by atoms with van der Waals surface area (Å²) >= 11 is 5.64. The molecule has 0 aromatic carbocycles. The third-order valence-corrected chi connectivity index (χ3v) is 2.36. The number of nitrogens with zero attached hydrogens (tertiary/aromatic N) is 1. The van der Waals surface area contributed by atoms with E-state index in [1.165, 1.54) is 6.92 Å². The van der Waals surface area contributed by atoms with Crippen LogP contribution < -0.4 is 5.32 Å². The Morgan fingerprint density at radius 2 is 2.21 bits per heavy atom. The van der Waals surface area contributed by atoms with E-state index in [4.69, 9.17) is 16.9 Å². The predicted molar refractivity (Wildman–Crippen MR) is 60.5 cm³/mol. The Kier molecular flexibility index (Phi) is 4.62. The molecule has 1 N–H and O–H groups in total. The molecule has 0 amide bonds. The number of alkyl halides is 3. The maximum atomic E-state index is 12.4. The molecule has 0 saturated heterocycles. The van der Waals surface area contributed by atoms with Crippen molar-refractivity contribution in [1.29, 1.82) is 5.26 Å². The number of esters is 1. The predicted octanol–water partition coefficient (Wildman–Crippen LogP) is 2.50. The fourth-order valence-electron chi connectivity index (χ4n) is 1.23. The van der Waals surface area contributed by atoms with E-state index < -0.39 is 23.3 Å². The van der Waals surface area contributed by atoms with Crippen LogP contribution in [0.1, 0.15) is 6.92 Å². The van der Waals surface area contributed by atoms with Crippen molar-refractivity contribution in [2.75, 3.05) is 6.61 Å². The minimum absolute atomic E-state index is 0.0300. The second-order valence-corrected chi connectivity index (χ2v) is 3.72. The third-order valence-electron chi connectivity index (χ3n) is 2.06. The molecule has 102 valence electrons. The minimum Gasteiger partial charge on any atom is -0.462 e. The van der Waals surface area contributed by atoms with Crippen LogP contribution in [-0.4, -0.2) is 18.8 Å². The number of halogens is 4. The van der Waals surface area contributed by atoms with E-state index in [2.05, 4.69) is 10.1 Å². The molecule has 0 aromatic rings. The molecule has 1 rings (SSSR count). The fraction of sp³-hybridized carbons (Fsp3) is 0.273. The number of dihydropyridines is 1. The lowest BCUT2D eigenvalue weighted by molar-refractivity contribution is -0.138. The van der Waals surface area contributed by atoms with Crippen molar-refractivity contribution in [2.45, 2.75) is 13.1 Å². The first kappa shape index (κ1) is 15.1. The zero-order chi connectivity index (χ0) is 14.6. The van der Waals surface area contributed by atoms with Crippen molar-refractivity contribution in [3.05, 3.63) is 34.2 Å². The number of allylic oxidation sites excluding steroid dienone is 3. The van der Waals surface area contributed by atoms with Crippen LogP contribution in [0, 0.1) is 11.3 Å². The highest BCUT2D eigenvalue weighted by molar-refractivity contribution is 6.32. The van der Waals surface area contributed by atoms with Crippen molar-refractivity contribution < 1.29 is 22.7 Å². The number of nitriles is 1. The number of rotatable bonds is 2. The van der Waals surface area contributed by atoms with E-state index in [9.17, 15) is 18.0 Å². The van der Waals surface area contributed by atoms with Crippen molar-refractivity contribution in [2.24, 2.45) is 0 Å². The maximum absolute atomic E-state index is 12.4. The van der Waals surface area contributed by atoms with Crippen LogP contribution in [0.25, 0.3) is 0 Å². The quantitative estimate of drug-likeness (QED) is 0.482. The van der Waals surface area contributed by atoms with Gasteiger partial charge < -0.3 is 10.1 Å². The van der Waals surface area contributed by atoms with Crippen LogP contribution in [-0.2, 0) is 9.53 Å². The molecule has 0 aromatic heterocycles. The van der Waals surface area contributed by atoms with Gasteiger partial charge in [-0.2, -0.15) is 18.4 Å². The van der Waals surface area contributed by atoms with E-state index in [1.54, 1.807) is 6.07 Å². The number of carbonyl (C=O) groups excluding carboxylic acids is 1. The molecule has 0 saturated carbocycles. The first-order chi connectivity index (χ1) is 8.81. The third kappa shape index (κ3) is 3.51. The topological polar surface area (TPSA) is 62.1 Å². The van der Waals surface area contributed by atoms with Crippen molar-refractivity contribution in [3.8, 4) is 6.07 Å². The summed E-state index contributed by atoms with van der Waals surface area (Å²) < 4.78 is 41.9. The zero-order valence-corrected chi connectivity index (χ0v) is 10.4. The van der Waals surface area contributed by atoms with Crippen LogP contribution in [0.5, 0.6) is 0 Å². The summed E-state index contributed by atoms with van der Waals surface area (Å²) in [6.45, 7) is 1.56. The highest BCUT2D eigenvalue weighted by Gasteiger charge is 2.35. The lowest BCUT2D eigenvalue weighted by Crippen LogP contribution is -2.22. The highest BCUT2D eigenvalue weighted by atomic mass is 35.5. The van der Waals surface area contributed by atoms with E-state index in [-0.39, 0.29) is 17.3 Å². The number of ether oxygens (including phenoxy) is 1. The summed E-state index contributed by atoms with van der Waals surface area (Å²) in [5.74, 6) is -0.956. The van der Waals surface area contributed by atoms with Crippen LogP contribution in [0.15, 0.2) is 34.2 Å². The van der Waals surface area contributed by atoms with Gasteiger partial charge >= 0.3 is 12.1 Å². The van der Waals surface area contributed by atoms with E-state index >= 15 is 0 Å². The largest absolute Gasteiger partial charge is 0.462 e. The molecule has 0 bridgehead atoms. The lowest BCUT2D eigenvalue weighted by Gasteiger charge is -2.17. The van der Waals surface area contributed by atoms with Gasteiger partial charge in [-0.25, -0.2) is 4.79 Å². The molecule has 0 spiro atoms. The molecular weight excluding hydrogens is 285 g/mol. The molecule has 1 aliphatic rings. The van der Waals surface area contributed by atoms with Crippen molar-refractivity contribution >= 4 is 17.6 Å². The van der Waals surface area contributed by atoms with Crippen LogP contribution >= 0.6 is 11.6 Å². The number of hydrogen-bond donors (Lipinski definition) is 1. The lowest BCUT2D eigenvalue weighted by atomic mass is 10.1. The Morgan fingerprint density at radius 1 is 1.58 bits per heavy atom. The molecule has 1 aliphatic heterocycles. The SMILES string of the molecule is CCOC(=O)/C(C#N)=C1/NC=C(C(F)(F)F)C=C1Cl. The van der Waals surface area contributed by atoms with Gasteiger partial charge in [-0.15, -0.1) is 0 Å². The number of hydrogen-bond acceptors (Lipinski definition) is 4. The van der Waals surface area contributed by atoms with Gasteiger partial charge in [0.15, 0.2) is 5.57 Å². The van der Waals surface area contributed by atoms with Crippen molar-refractivity contribution in [3.63, 3.8) is 0 Å². The van der Waals surface area contributed by atoms with Gasteiger partial charge in [-0.3, -0.25) is 0 Å². The second-order valence-electron chi connectivity index (χ2n) is 3.32.